The summed E-state index contributed by atoms with van der Waals surface area (Å²) in [4.78, 5) is 15.1. The standard InChI is InChI=1S/C20H30N2O2/c1-14(2)15-5-7-16(8-6-15)19(23)21-17-13-18(20(17,3)4)22-9-11-24-12-10-22/h5-8,14,17-18H,9-13H2,1-4H3,(H,21,23). The molecule has 1 N–H and O–H groups in total. The molecule has 1 saturated heterocycles. The number of carbonyl (C=O) groups excluding carboxylic acids is 1. The van der Waals surface area contributed by atoms with Crippen LogP contribution in [0.15, 0.2) is 24.3 Å². The second-order valence-corrected chi connectivity index (χ2v) is 8.02. The van der Waals surface area contributed by atoms with Crippen molar-refractivity contribution in [1.29, 1.82) is 0 Å². The van der Waals surface area contributed by atoms with Crippen molar-refractivity contribution in [2.45, 2.75) is 52.1 Å². The topological polar surface area (TPSA) is 41.6 Å². The maximum atomic E-state index is 12.6. The second kappa shape index (κ2) is 6.85. The summed E-state index contributed by atoms with van der Waals surface area (Å²) in [6.07, 6.45) is 1.03. The summed E-state index contributed by atoms with van der Waals surface area (Å²) in [6.45, 7) is 12.5. The van der Waals surface area contributed by atoms with E-state index in [4.69, 9.17) is 4.74 Å². The maximum absolute atomic E-state index is 12.6. The fraction of sp³-hybridized carbons (Fsp3) is 0.650. The average molecular weight is 330 g/mol. The molecule has 1 saturated carbocycles. The van der Waals surface area contributed by atoms with Crippen LogP contribution in [0, 0.1) is 5.41 Å². The molecule has 2 fully saturated rings. The second-order valence-electron chi connectivity index (χ2n) is 8.02. The Kier molecular flexibility index (Phi) is 4.97. The van der Waals surface area contributed by atoms with Gasteiger partial charge in [0.1, 0.15) is 0 Å². The minimum absolute atomic E-state index is 0.0452. The SMILES string of the molecule is CC(C)c1ccc(C(=O)NC2CC(N3CCOCC3)C2(C)C)cc1. The molecular weight excluding hydrogens is 300 g/mol. The van der Waals surface area contributed by atoms with E-state index in [0.717, 1.165) is 38.3 Å². The van der Waals surface area contributed by atoms with Crippen molar-refractivity contribution >= 4 is 5.91 Å². The lowest BCUT2D eigenvalue weighted by molar-refractivity contribution is -0.0750. The van der Waals surface area contributed by atoms with Crippen LogP contribution in [0.4, 0.5) is 0 Å². The van der Waals surface area contributed by atoms with Gasteiger partial charge in [-0.3, -0.25) is 9.69 Å². The number of nitrogens with one attached hydrogen (secondary N) is 1. The number of nitrogens with zero attached hydrogens (tertiary/aromatic N) is 1. The third kappa shape index (κ3) is 3.35. The lowest BCUT2D eigenvalue weighted by atomic mass is 9.62. The van der Waals surface area contributed by atoms with E-state index in [0.29, 0.717) is 12.0 Å². The number of ether oxygens (including phenoxy) is 1. The summed E-state index contributed by atoms with van der Waals surface area (Å²) >= 11 is 0. The van der Waals surface area contributed by atoms with Gasteiger partial charge in [-0.05, 0) is 30.0 Å². The molecule has 0 spiro atoms. The molecule has 1 aromatic rings. The molecule has 24 heavy (non-hydrogen) atoms. The van der Waals surface area contributed by atoms with E-state index in [-0.39, 0.29) is 17.4 Å². The van der Waals surface area contributed by atoms with Gasteiger partial charge in [0.05, 0.1) is 13.2 Å². The quantitative estimate of drug-likeness (QED) is 0.922. The minimum atomic E-state index is 0.0452. The highest BCUT2D eigenvalue weighted by atomic mass is 16.5. The van der Waals surface area contributed by atoms with E-state index in [1.54, 1.807) is 0 Å². The van der Waals surface area contributed by atoms with Crippen LogP contribution in [0.25, 0.3) is 0 Å². The van der Waals surface area contributed by atoms with E-state index >= 15 is 0 Å². The Morgan fingerprint density at radius 2 is 1.83 bits per heavy atom. The van der Waals surface area contributed by atoms with Crippen LogP contribution in [0.1, 0.15) is 56.0 Å². The van der Waals surface area contributed by atoms with Crippen LogP contribution in [-0.2, 0) is 4.74 Å². The molecule has 0 radical (unpaired) electrons. The van der Waals surface area contributed by atoms with Gasteiger partial charge in [0.2, 0.25) is 0 Å². The van der Waals surface area contributed by atoms with Crippen LogP contribution in [0.3, 0.4) is 0 Å². The van der Waals surface area contributed by atoms with Gasteiger partial charge in [0.25, 0.3) is 5.91 Å². The van der Waals surface area contributed by atoms with Gasteiger partial charge in [-0.15, -0.1) is 0 Å². The molecule has 132 valence electrons. The van der Waals surface area contributed by atoms with Crippen molar-refractivity contribution in [3.05, 3.63) is 35.4 Å². The number of carbonyl (C=O) groups is 1. The summed E-state index contributed by atoms with van der Waals surface area (Å²) in [5.41, 5.74) is 2.12. The zero-order valence-corrected chi connectivity index (χ0v) is 15.3. The number of amides is 1. The van der Waals surface area contributed by atoms with Crippen molar-refractivity contribution in [3.8, 4) is 0 Å². The molecule has 0 aromatic heterocycles. The molecule has 4 nitrogen and oxygen atoms in total. The van der Waals surface area contributed by atoms with E-state index in [9.17, 15) is 4.79 Å². The van der Waals surface area contributed by atoms with E-state index in [1.165, 1.54) is 5.56 Å². The van der Waals surface area contributed by atoms with Crippen molar-refractivity contribution in [2.75, 3.05) is 26.3 Å². The van der Waals surface area contributed by atoms with E-state index in [1.807, 2.05) is 12.1 Å². The number of hydrogen-bond acceptors (Lipinski definition) is 3. The number of hydrogen-bond donors (Lipinski definition) is 1. The fourth-order valence-electron chi connectivity index (χ4n) is 3.92. The predicted molar refractivity (Wildman–Crippen MR) is 96.4 cm³/mol. The maximum Gasteiger partial charge on any atom is 0.251 e. The number of morpholine rings is 1. The first-order valence-electron chi connectivity index (χ1n) is 9.12. The van der Waals surface area contributed by atoms with Crippen molar-refractivity contribution in [3.63, 3.8) is 0 Å². The molecule has 4 heteroatoms. The smallest absolute Gasteiger partial charge is 0.251 e. The van der Waals surface area contributed by atoms with Gasteiger partial charge in [-0.25, -0.2) is 0 Å². The Labute approximate surface area is 145 Å². The zero-order chi connectivity index (χ0) is 17.3. The van der Waals surface area contributed by atoms with Crippen LogP contribution in [-0.4, -0.2) is 49.2 Å². The zero-order valence-electron chi connectivity index (χ0n) is 15.3. The Morgan fingerprint density at radius 3 is 2.38 bits per heavy atom. The molecule has 2 atom stereocenters. The van der Waals surface area contributed by atoms with Gasteiger partial charge < -0.3 is 10.1 Å². The van der Waals surface area contributed by atoms with Crippen LogP contribution in [0.5, 0.6) is 0 Å². The molecule has 1 aromatic carbocycles. The summed E-state index contributed by atoms with van der Waals surface area (Å²) < 4.78 is 5.45. The van der Waals surface area contributed by atoms with E-state index < -0.39 is 0 Å². The molecular formula is C20H30N2O2. The number of rotatable bonds is 4. The summed E-state index contributed by atoms with van der Waals surface area (Å²) in [5.74, 6) is 0.533. The average Bonchev–Trinajstić information content (AvgIpc) is 2.58. The lowest BCUT2D eigenvalue weighted by Crippen LogP contribution is -2.67. The molecule has 1 aliphatic carbocycles. The summed E-state index contributed by atoms with van der Waals surface area (Å²) in [7, 11) is 0. The third-order valence-electron chi connectivity index (χ3n) is 5.85. The van der Waals surface area contributed by atoms with Crippen LogP contribution >= 0.6 is 0 Å². The molecule has 1 amide bonds. The van der Waals surface area contributed by atoms with Crippen LogP contribution < -0.4 is 5.32 Å². The van der Waals surface area contributed by atoms with Gasteiger partial charge in [-0.1, -0.05) is 39.8 Å². The largest absolute Gasteiger partial charge is 0.379 e. The first kappa shape index (κ1) is 17.4. The summed E-state index contributed by atoms with van der Waals surface area (Å²) in [6, 6.07) is 8.77. The minimum Gasteiger partial charge on any atom is -0.379 e. The van der Waals surface area contributed by atoms with Gasteiger partial charge in [0.15, 0.2) is 0 Å². The normalized spacial score (nSPS) is 26.9. The molecule has 2 aliphatic rings. The Morgan fingerprint density at radius 1 is 1.21 bits per heavy atom. The molecule has 2 unspecified atom stereocenters. The Hall–Kier alpha value is -1.39. The van der Waals surface area contributed by atoms with Crippen molar-refractivity contribution in [1.82, 2.24) is 10.2 Å². The first-order chi connectivity index (χ1) is 11.4. The molecule has 3 rings (SSSR count). The van der Waals surface area contributed by atoms with E-state index in [2.05, 4.69) is 50.0 Å². The monoisotopic (exact) mass is 330 g/mol. The Bertz CT molecular complexity index is 574. The van der Waals surface area contributed by atoms with Gasteiger partial charge in [-0.2, -0.15) is 0 Å². The third-order valence-corrected chi connectivity index (χ3v) is 5.85. The highest BCUT2D eigenvalue weighted by Gasteiger charge is 2.51. The first-order valence-corrected chi connectivity index (χ1v) is 9.12. The molecule has 1 heterocycles. The molecule has 1 aliphatic heterocycles. The highest BCUT2D eigenvalue weighted by molar-refractivity contribution is 5.94. The van der Waals surface area contributed by atoms with Crippen molar-refractivity contribution < 1.29 is 9.53 Å². The van der Waals surface area contributed by atoms with Crippen LogP contribution in [0.2, 0.25) is 0 Å². The Balaban J connectivity index is 1.59. The fourth-order valence-corrected chi connectivity index (χ4v) is 3.92. The highest BCUT2D eigenvalue weighted by Crippen LogP contribution is 2.44. The predicted octanol–water partition coefficient (Wildman–Crippen LogP) is 3.04. The van der Waals surface area contributed by atoms with Gasteiger partial charge >= 0.3 is 0 Å². The molecule has 0 bridgehead atoms. The summed E-state index contributed by atoms with van der Waals surface area (Å²) in [5, 5.41) is 3.24. The van der Waals surface area contributed by atoms with Gasteiger partial charge in [0, 0.05) is 36.2 Å². The van der Waals surface area contributed by atoms with Crippen molar-refractivity contribution in [2.24, 2.45) is 5.41 Å². The number of benzene rings is 1. The lowest BCUT2D eigenvalue weighted by Gasteiger charge is -2.57.